The first kappa shape index (κ1) is 38.2. The topological polar surface area (TPSA) is 200 Å². The average Bonchev–Trinajstić information content (AvgIpc) is 4.08. The van der Waals surface area contributed by atoms with Crippen molar-refractivity contribution in [3.63, 3.8) is 0 Å². The van der Waals surface area contributed by atoms with Gasteiger partial charge in [0.1, 0.15) is 30.2 Å². The minimum Gasteiger partial charge on any atom is -0.480 e. The Hall–Kier alpha value is -5.70. The molecule has 0 radical (unpaired) electrons. The van der Waals surface area contributed by atoms with Crippen molar-refractivity contribution >= 4 is 57.3 Å². The van der Waals surface area contributed by atoms with E-state index in [4.69, 9.17) is 0 Å². The number of nitrogens with zero attached hydrogens (tertiary/aromatic N) is 3. The van der Waals surface area contributed by atoms with Crippen LogP contribution in [-0.2, 0) is 41.6 Å². The molecule has 0 spiro atoms. The summed E-state index contributed by atoms with van der Waals surface area (Å²) in [4.78, 5) is 93.8. The normalized spacial score (nSPS) is 23.3. The van der Waals surface area contributed by atoms with E-state index in [2.05, 4.69) is 25.9 Å². The summed E-state index contributed by atoms with van der Waals surface area (Å²) in [7, 11) is 0. The molecule has 0 bridgehead atoms. The van der Waals surface area contributed by atoms with Gasteiger partial charge >= 0.3 is 5.97 Å². The lowest BCUT2D eigenvalue weighted by atomic mass is 10.0. The van der Waals surface area contributed by atoms with E-state index in [1.165, 1.54) is 4.90 Å². The fraction of sp³-hybridized carbons (Fsp3) is 0.476. The molecular formula is C42H50N8O7. The zero-order valence-electron chi connectivity index (χ0n) is 31.9. The van der Waals surface area contributed by atoms with Gasteiger partial charge in [-0.05, 0) is 81.2 Å². The Morgan fingerprint density at radius 3 is 1.68 bits per heavy atom. The molecule has 2 aromatic carbocycles. The lowest BCUT2D eigenvalue weighted by Crippen LogP contribution is -2.58. The Morgan fingerprint density at radius 2 is 1.14 bits per heavy atom. The van der Waals surface area contributed by atoms with Gasteiger partial charge < -0.3 is 45.7 Å². The van der Waals surface area contributed by atoms with Gasteiger partial charge in [-0.3, -0.25) is 24.0 Å². The van der Waals surface area contributed by atoms with E-state index in [0.717, 1.165) is 58.7 Å². The first-order valence-corrected chi connectivity index (χ1v) is 20.3. The number of carboxylic acid groups (broad SMARTS) is 1. The van der Waals surface area contributed by atoms with E-state index < -0.39 is 48.0 Å². The molecule has 4 aliphatic rings. The maximum absolute atomic E-state index is 14.3. The summed E-state index contributed by atoms with van der Waals surface area (Å²) >= 11 is 0. The highest BCUT2D eigenvalue weighted by molar-refractivity contribution is 5.97. The maximum atomic E-state index is 14.3. The summed E-state index contributed by atoms with van der Waals surface area (Å²) < 4.78 is 0. The van der Waals surface area contributed by atoms with Crippen LogP contribution in [0.1, 0.15) is 62.5 Å². The molecule has 0 unspecified atom stereocenters. The molecule has 0 aliphatic carbocycles. The first-order chi connectivity index (χ1) is 27.7. The van der Waals surface area contributed by atoms with Crippen LogP contribution in [0.3, 0.4) is 0 Å². The number of para-hydroxylation sites is 2. The van der Waals surface area contributed by atoms with Crippen LogP contribution >= 0.6 is 0 Å². The van der Waals surface area contributed by atoms with Crippen LogP contribution < -0.4 is 16.0 Å². The molecule has 57 heavy (non-hydrogen) atoms. The molecular weight excluding hydrogens is 729 g/mol. The van der Waals surface area contributed by atoms with E-state index in [-0.39, 0.29) is 36.6 Å². The number of carbonyl (C=O) groups is 6. The number of aliphatic carboxylic acids is 1. The lowest BCUT2D eigenvalue weighted by molar-refractivity contribution is -0.151. The summed E-state index contributed by atoms with van der Waals surface area (Å²) in [5, 5.41) is 20.8. The van der Waals surface area contributed by atoms with E-state index >= 15 is 0 Å². The van der Waals surface area contributed by atoms with Crippen LogP contribution in [0.15, 0.2) is 60.9 Å². The molecule has 15 nitrogen and oxygen atoms in total. The Bertz CT molecular complexity index is 2170. The quantitative estimate of drug-likeness (QED) is 0.126. The average molecular weight is 779 g/mol. The predicted octanol–water partition coefficient (Wildman–Crippen LogP) is 2.21. The van der Waals surface area contributed by atoms with E-state index in [1.807, 2.05) is 48.5 Å². The zero-order valence-corrected chi connectivity index (χ0v) is 31.9. The van der Waals surface area contributed by atoms with Crippen LogP contribution in [0.5, 0.6) is 0 Å². The first-order valence-electron chi connectivity index (χ1n) is 20.3. The SMILES string of the molecule is O=C(O)[C@H](Cc1c[nH]c2ccccc12)NC(=O)[C@H](Cc1c[nH]c2ccccc12)NC(=O)[C@@H]1CCCN1C(=O)[C@@H]1CCCN1C(=O)[C@@H]1CCCN1C(=O)[C@@H]1CCCN1. The van der Waals surface area contributed by atoms with Crippen molar-refractivity contribution in [2.75, 3.05) is 26.2 Å². The molecule has 4 aromatic rings. The number of benzene rings is 2. The van der Waals surface area contributed by atoms with Crippen LogP contribution in [0.4, 0.5) is 0 Å². The number of nitrogens with one attached hydrogen (secondary N) is 5. The highest BCUT2D eigenvalue weighted by Crippen LogP contribution is 2.30. The molecule has 8 rings (SSSR count). The van der Waals surface area contributed by atoms with Gasteiger partial charge in [0, 0.05) is 66.7 Å². The van der Waals surface area contributed by atoms with Crippen molar-refractivity contribution in [1.82, 2.24) is 40.6 Å². The number of rotatable bonds is 12. The van der Waals surface area contributed by atoms with Crippen LogP contribution in [-0.4, -0.2) is 128 Å². The second-order valence-corrected chi connectivity index (χ2v) is 15.8. The van der Waals surface area contributed by atoms with Crippen molar-refractivity contribution in [2.24, 2.45) is 0 Å². The monoisotopic (exact) mass is 778 g/mol. The Kier molecular flexibility index (Phi) is 11.0. The van der Waals surface area contributed by atoms with E-state index in [9.17, 15) is 33.9 Å². The molecule has 300 valence electrons. The Labute approximate surface area is 329 Å². The number of aromatic nitrogens is 2. The summed E-state index contributed by atoms with van der Waals surface area (Å²) in [6.45, 7) is 2.01. The molecule has 6 atom stereocenters. The van der Waals surface area contributed by atoms with Gasteiger partial charge in [-0.2, -0.15) is 0 Å². The van der Waals surface area contributed by atoms with Crippen molar-refractivity contribution in [2.45, 2.75) is 100 Å². The lowest BCUT2D eigenvalue weighted by Gasteiger charge is -2.34. The zero-order chi connectivity index (χ0) is 39.6. The third kappa shape index (κ3) is 7.72. The van der Waals surface area contributed by atoms with E-state index in [1.54, 1.807) is 22.2 Å². The van der Waals surface area contributed by atoms with Crippen molar-refractivity contribution in [3.8, 4) is 0 Å². The number of aromatic amines is 2. The Balaban J connectivity index is 0.984. The van der Waals surface area contributed by atoms with Crippen molar-refractivity contribution < 1.29 is 33.9 Å². The van der Waals surface area contributed by atoms with Crippen LogP contribution in [0.2, 0.25) is 0 Å². The second-order valence-electron chi connectivity index (χ2n) is 15.8. The van der Waals surface area contributed by atoms with Crippen LogP contribution in [0.25, 0.3) is 21.8 Å². The number of H-pyrrole nitrogens is 2. The second kappa shape index (κ2) is 16.4. The summed E-state index contributed by atoms with van der Waals surface area (Å²) in [6, 6.07) is 10.1. The van der Waals surface area contributed by atoms with Gasteiger partial charge in [-0.15, -0.1) is 0 Å². The number of likely N-dealkylation sites (tertiary alicyclic amines) is 3. The number of fused-ring (bicyclic) bond motifs is 2. The highest BCUT2D eigenvalue weighted by Gasteiger charge is 2.46. The molecule has 15 heteroatoms. The van der Waals surface area contributed by atoms with Gasteiger partial charge in [0.2, 0.25) is 29.5 Å². The minimum atomic E-state index is -1.28. The van der Waals surface area contributed by atoms with Gasteiger partial charge in [-0.1, -0.05) is 36.4 Å². The fourth-order valence-corrected chi connectivity index (χ4v) is 9.35. The minimum absolute atomic E-state index is 0.0185. The van der Waals surface area contributed by atoms with Gasteiger partial charge in [0.05, 0.1) is 6.04 Å². The van der Waals surface area contributed by atoms with Crippen molar-refractivity contribution in [1.29, 1.82) is 0 Å². The fourth-order valence-electron chi connectivity index (χ4n) is 9.35. The standard InChI is InChI=1S/C42H50N8O7/c51-37(47-33(42(56)57)22-26-24-45-30-12-4-2-10-28(26)30)32(21-25-23-44-29-11-3-1-9-27(25)29)46-38(52)34-14-6-18-48(34)40(54)36-16-8-20-50(36)41(55)35-15-7-19-49(35)39(53)31-13-5-17-43-31/h1-4,9-12,23-24,31-36,43-45H,5-8,13-22H2,(H,46,52)(H,47,51)(H,56,57)/t31-,32-,33-,34-,35-,36-/m0/s1. The third-order valence-corrected chi connectivity index (χ3v) is 12.3. The third-order valence-electron chi connectivity index (χ3n) is 12.3. The van der Waals surface area contributed by atoms with E-state index in [0.29, 0.717) is 51.7 Å². The number of carboxylic acids is 1. The number of carbonyl (C=O) groups excluding carboxylic acids is 5. The molecule has 5 amide bonds. The summed E-state index contributed by atoms with van der Waals surface area (Å²) in [6.07, 6.45) is 8.56. The predicted molar refractivity (Wildman–Crippen MR) is 211 cm³/mol. The molecule has 6 heterocycles. The molecule has 4 aliphatic heterocycles. The largest absolute Gasteiger partial charge is 0.480 e. The van der Waals surface area contributed by atoms with Crippen LogP contribution in [0, 0.1) is 0 Å². The van der Waals surface area contributed by atoms with Gasteiger partial charge in [-0.25, -0.2) is 4.79 Å². The summed E-state index contributed by atoms with van der Waals surface area (Å²) in [5.41, 5.74) is 3.19. The van der Waals surface area contributed by atoms with Gasteiger partial charge in [0.15, 0.2) is 0 Å². The maximum Gasteiger partial charge on any atom is 0.326 e. The number of hydrogen-bond donors (Lipinski definition) is 6. The molecule has 4 fully saturated rings. The number of hydrogen-bond acceptors (Lipinski definition) is 7. The van der Waals surface area contributed by atoms with Crippen molar-refractivity contribution in [3.05, 3.63) is 72.1 Å². The smallest absolute Gasteiger partial charge is 0.326 e. The highest BCUT2D eigenvalue weighted by atomic mass is 16.4. The Morgan fingerprint density at radius 1 is 0.632 bits per heavy atom. The summed E-state index contributed by atoms with van der Waals surface area (Å²) in [5.74, 6) is -2.97. The van der Waals surface area contributed by atoms with Gasteiger partial charge in [0.25, 0.3) is 0 Å². The molecule has 6 N–H and O–H groups in total. The number of amides is 5. The molecule has 4 saturated heterocycles. The molecule has 2 aromatic heterocycles. The molecule has 0 saturated carbocycles.